The molecule has 0 aliphatic carbocycles. The van der Waals surface area contributed by atoms with Crippen LogP contribution in [0.4, 0.5) is 0 Å². The van der Waals surface area contributed by atoms with Crippen molar-refractivity contribution in [3.8, 4) is 0 Å². The molecule has 0 aromatic carbocycles. The van der Waals surface area contributed by atoms with Gasteiger partial charge in [-0.05, 0) is 11.1 Å². The van der Waals surface area contributed by atoms with E-state index in [9.17, 15) is 4.79 Å². The Morgan fingerprint density at radius 2 is 2.10 bits per heavy atom. The molecule has 0 saturated carbocycles. The van der Waals surface area contributed by atoms with Crippen LogP contribution in [0.15, 0.2) is 0 Å². The molecular weight excluding hydrogens is 144 g/mol. The molecule has 2 nitrogen and oxygen atoms in total. The quantitative estimate of drug-likeness (QED) is 0.500. The van der Waals surface area contributed by atoms with Gasteiger partial charge in [0.25, 0.3) is 15.0 Å². The molecule has 0 amide bonds. The van der Waals surface area contributed by atoms with Crippen LogP contribution in [0.25, 0.3) is 0 Å². The van der Waals surface area contributed by atoms with Crippen LogP contribution in [0.2, 0.25) is 11.1 Å². The highest BCUT2D eigenvalue weighted by atomic mass is 28.3. The van der Waals surface area contributed by atoms with Gasteiger partial charge in [0.2, 0.25) is 0 Å². The molecule has 1 aliphatic rings. The minimum atomic E-state index is -0.826. The van der Waals surface area contributed by atoms with Crippen molar-refractivity contribution < 1.29 is 9.22 Å². The van der Waals surface area contributed by atoms with Crippen molar-refractivity contribution in [1.82, 2.24) is 0 Å². The summed E-state index contributed by atoms with van der Waals surface area (Å²) >= 11 is 0. The summed E-state index contributed by atoms with van der Waals surface area (Å²) in [6, 6.07) is 0.993. The molecule has 1 fully saturated rings. The molecule has 10 heavy (non-hydrogen) atoms. The number of hydrogen-bond donors (Lipinski definition) is 0. The van der Waals surface area contributed by atoms with Crippen LogP contribution in [0, 0.1) is 0 Å². The standard InChI is InChI=1S/C7H13O2Si/c1-7(2,3)10-5-4-6(8)9-10/h4-5H2,1-3H3. The Bertz CT molecular complexity index is 148. The molecular formula is C7H13O2Si. The fourth-order valence-electron chi connectivity index (χ4n) is 0.983. The van der Waals surface area contributed by atoms with Gasteiger partial charge in [0.15, 0.2) is 0 Å². The lowest BCUT2D eigenvalue weighted by atomic mass is 10.2. The van der Waals surface area contributed by atoms with Crippen molar-refractivity contribution in [3.05, 3.63) is 0 Å². The van der Waals surface area contributed by atoms with Gasteiger partial charge in [0.05, 0.1) is 0 Å². The van der Waals surface area contributed by atoms with Crippen molar-refractivity contribution >= 4 is 15.0 Å². The Hall–Kier alpha value is -0.313. The van der Waals surface area contributed by atoms with Gasteiger partial charge in [0.1, 0.15) is 0 Å². The summed E-state index contributed by atoms with van der Waals surface area (Å²) in [5.41, 5.74) is 0. The number of carbonyl (C=O) groups is 1. The molecule has 0 spiro atoms. The summed E-state index contributed by atoms with van der Waals surface area (Å²) in [6.45, 7) is 6.42. The van der Waals surface area contributed by atoms with E-state index in [2.05, 4.69) is 20.8 Å². The monoisotopic (exact) mass is 157 g/mol. The molecule has 1 heterocycles. The van der Waals surface area contributed by atoms with Gasteiger partial charge in [-0.25, -0.2) is 0 Å². The topological polar surface area (TPSA) is 26.3 Å². The summed E-state index contributed by atoms with van der Waals surface area (Å²) in [4.78, 5) is 10.7. The Morgan fingerprint density at radius 3 is 2.30 bits per heavy atom. The first-order chi connectivity index (χ1) is 4.50. The Morgan fingerprint density at radius 1 is 1.50 bits per heavy atom. The van der Waals surface area contributed by atoms with E-state index in [4.69, 9.17) is 4.43 Å². The van der Waals surface area contributed by atoms with Gasteiger partial charge in [-0.1, -0.05) is 20.8 Å². The van der Waals surface area contributed by atoms with E-state index >= 15 is 0 Å². The van der Waals surface area contributed by atoms with Crippen molar-refractivity contribution in [2.75, 3.05) is 0 Å². The third kappa shape index (κ3) is 1.59. The lowest BCUT2D eigenvalue weighted by Gasteiger charge is -2.21. The zero-order valence-corrected chi connectivity index (χ0v) is 7.73. The normalized spacial score (nSPS) is 21.3. The molecule has 3 heteroatoms. The summed E-state index contributed by atoms with van der Waals surface area (Å²) in [7, 11) is -0.826. The molecule has 0 bridgehead atoms. The van der Waals surface area contributed by atoms with E-state index in [1.54, 1.807) is 0 Å². The highest BCUT2D eigenvalue weighted by Gasteiger charge is 2.37. The van der Waals surface area contributed by atoms with Crippen molar-refractivity contribution in [2.45, 2.75) is 38.3 Å². The van der Waals surface area contributed by atoms with Crippen LogP contribution in [-0.4, -0.2) is 15.0 Å². The molecule has 57 valence electrons. The predicted molar refractivity (Wildman–Crippen MR) is 41.0 cm³/mol. The number of rotatable bonds is 0. The summed E-state index contributed by atoms with van der Waals surface area (Å²) in [6.07, 6.45) is 0.644. The second kappa shape index (κ2) is 2.38. The molecule has 0 N–H and O–H groups in total. The third-order valence-electron chi connectivity index (χ3n) is 1.63. The second-order valence-electron chi connectivity index (χ2n) is 3.65. The van der Waals surface area contributed by atoms with Crippen molar-refractivity contribution in [1.29, 1.82) is 0 Å². The van der Waals surface area contributed by atoms with E-state index in [1.807, 2.05) is 0 Å². The first-order valence-corrected chi connectivity index (χ1v) is 5.18. The minimum absolute atomic E-state index is 0.00353. The van der Waals surface area contributed by atoms with Gasteiger partial charge in [-0.15, -0.1) is 0 Å². The van der Waals surface area contributed by atoms with Gasteiger partial charge >= 0.3 is 0 Å². The Balaban J connectivity index is 2.53. The number of hydrogen-bond acceptors (Lipinski definition) is 2. The summed E-state index contributed by atoms with van der Waals surface area (Å²) < 4.78 is 5.19. The van der Waals surface area contributed by atoms with Crippen LogP contribution in [0.3, 0.4) is 0 Å². The highest BCUT2D eigenvalue weighted by molar-refractivity contribution is 6.59. The molecule has 0 aromatic heterocycles. The zero-order valence-electron chi connectivity index (χ0n) is 6.73. The average molecular weight is 157 g/mol. The van der Waals surface area contributed by atoms with E-state index in [-0.39, 0.29) is 11.0 Å². The summed E-state index contributed by atoms with van der Waals surface area (Å²) in [5, 5.41) is 0.219. The average Bonchev–Trinajstić information content (AvgIpc) is 2.11. The molecule has 0 atom stereocenters. The van der Waals surface area contributed by atoms with Crippen molar-refractivity contribution in [3.63, 3.8) is 0 Å². The van der Waals surface area contributed by atoms with Gasteiger partial charge in [-0.2, -0.15) is 0 Å². The highest BCUT2D eigenvalue weighted by Crippen LogP contribution is 2.33. The molecule has 0 unspecified atom stereocenters. The molecule has 1 saturated heterocycles. The molecule has 1 radical (unpaired) electrons. The molecule has 0 aromatic rings. The predicted octanol–water partition coefficient (Wildman–Crippen LogP) is 1.72. The minimum Gasteiger partial charge on any atom is -0.517 e. The Kier molecular flexibility index (Phi) is 1.85. The van der Waals surface area contributed by atoms with E-state index in [0.29, 0.717) is 6.42 Å². The van der Waals surface area contributed by atoms with E-state index in [1.165, 1.54) is 0 Å². The largest absolute Gasteiger partial charge is 0.517 e. The summed E-state index contributed by atoms with van der Waals surface area (Å²) in [5.74, 6) is 0.00353. The van der Waals surface area contributed by atoms with Crippen LogP contribution in [-0.2, 0) is 9.22 Å². The maximum absolute atomic E-state index is 10.7. The molecule has 1 aliphatic heterocycles. The van der Waals surface area contributed by atoms with Gasteiger partial charge in [0, 0.05) is 6.42 Å². The van der Waals surface area contributed by atoms with Crippen LogP contribution < -0.4 is 0 Å². The van der Waals surface area contributed by atoms with Gasteiger partial charge < -0.3 is 4.43 Å². The van der Waals surface area contributed by atoms with Crippen LogP contribution in [0.1, 0.15) is 27.2 Å². The molecule has 1 rings (SSSR count). The first-order valence-electron chi connectivity index (χ1n) is 3.57. The first kappa shape index (κ1) is 7.79. The second-order valence-corrected chi connectivity index (χ2v) is 6.70. The SMILES string of the molecule is CC(C)(C)[Si]1CCC(=O)O1. The third-order valence-corrected chi connectivity index (χ3v) is 4.48. The van der Waals surface area contributed by atoms with Crippen LogP contribution in [0.5, 0.6) is 0 Å². The maximum Gasteiger partial charge on any atom is 0.292 e. The van der Waals surface area contributed by atoms with Crippen molar-refractivity contribution in [2.24, 2.45) is 0 Å². The lowest BCUT2D eigenvalue weighted by Crippen LogP contribution is -2.24. The van der Waals surface area contributed by atoms with E-state index < -0.39 is 9.04 Å². The fourth-order valence-corrected chi connectivity index (χ4v) is 2.95. The van der Waals surface area contributed by atoms with Crippen LogP contribution >= 0.6 is 0 Å². The lowest BCUT2D eigenvalue weighted by molar-refractivity contribution is -0.132. The number of carbonyl (C=O) groups excluding carboxylic acids is 1. The Labute approximate surface area is 63.3 Å². The van der Waals surface area contributed by atoms with E-state index in [0.717, 1.165) is 6.04 Å². The maximum atomic E-state index is 10.7. The smallest absolute Gasteiger partial charge is 0.292 e. The zero-order chi connectivity index (χ0) is 7.78. The fraction of sp³-hybridized carbons (Fsp3) is 0.857. The van der Waals surface area contributed by atoms with Gasteiger partial charge in [-0.3, -0.25) is 4.79 Å².